The maximum Gasteiger partial charge on any atom is 0.266 e. The predicted octanol–water partition coefficient (Wildman–Crippen LogP) is 2.45. The van der Waals surface area contributed by atoms with Crippen LogP contribution < -0.4 is 5.32 Å². The molecule has 0 aliphatic heterocycles. The zero-order chi connectivity index (χ0) is 20.1. The van der Waals surface area contributed by atoms with E-state index in [1.807, 2.05) is 6.07 Å². The molecule has 7 heteroatoms. The van der Waals surface area contributed by atoms with Crippen molar-refractivity contribution in [3.05, 3.63) is 58.4 Å². The van der Waals surface area contributed by atoms with Gasteiger partial charge < -0.3 is 14.8 Å². The van der Waals surface area contributed by atoms with E-state index in [1.165, 1.54) is 11.0 Å². The van der Waals surface area contributed by atoms with Gasteiger partial charge in [0.15, 0.2) is 0 Å². The number of carbonyl (C=O) groups excluding carboxylic acids is 2. The molecule has 2 amide bonds. The number of nitrogens with zero attached hydrogens (tertiary/aromatic N) is 4. The van der Waals surface area contributed by atoms with Crippen LogP contribution in [0.4, 0.5) is 5.69 Å². The molecule has 1 aromatic carbocycles. The molecule has 2 aromatic rings. The highest BCUT2D eigenvalue weighted by Crippen LogP contribution is 2.18. The fourth-order valence-corrected chi connectivity index (χ4v) is 2.43. The summed E-state index contributed by atoms with van der Waals surface area (Å²) in [5.41, 5.74) is 2.74. The van der Waals surface area contributed by atoms with E-state index < -0.39 is 5.91 Å². The number of carbonyl (C=O) groups is 2. The lowest BCUT2D eigenvalue weighted by molar-refractivity contribution is -0.112. The monoisotopic (exact) mass is 361 g/mol. The third-order valence-corrected chi connectivity index (χ3v) is 4.15. The first kappa shape index (κ1) is 19.5. The van der Waals surface area contributed by atoms with Crippen molar-refractivity contribution < 1.29 is 9.59 Å². The lowest BCUT2D eigenvalue weighted by Gasteiger charge is -2.10. The minimum atomic E-state index is -0.564. The zero-order valence-corrected chi connectivity index (χ0v) is 15.6. The highest BCUT2D eigenvalue weighted by Gasteiger charge is 2.14. The van der Waals surface area contributed by atoms with Crippen molar-refractivity contribution in [3.63, 3.8) is 0 Å². The van der Waals surface area contributed by atoms with Crippen LogP contribution in [0.3, 0.4) is 0 Å². The molecule has 0 radical (unpaired) electrons. The maximum absolute atomic E-state index is 12.4. The number of amides is 2. The molecule has 7 nitrogen and oxygen atoms in total. The second kappa shape index (κ2) is 8.03. The van der Waals surface area contributed by atoms with Crippen molar-refractivity contribution in [1.82, 2.24) is 9.47 Å². The largest absolute Gasteiger partial charge is 0.345 e. The molecule has 2 rings (SSSR count). The summed E-state index contributed by atoms with van der Waals surface area (Å²) >= 11 is 0. The van der Waals surface area contributed by atoms with Gasteiger partial charge in [0.2, 0.25) is 0 Å². The van der Waals surface area contributed by atoms with Crippen LogP contribution in [0, 0.1) is 29.6 Å². The van der Waals surface area contributed by atoms with Gasteiger partial charge in [-0.05, 0) is 48.9 Å². The van der Waals surface area contributed by atoms with E-state index in [0.717, 1.165) is 5.69 Å². The molecule has 0 saturated carbocycles. The molecule has 0 saturated heterocycles. The first-order valence-corrected chi connectivity index (χ1v) is 8.09. The Morgan fingerprint density at radius 1 is 1.19 bits per heavy atom. The van der Waals surface area contributed by atoms with E-state index in [2.05, 4.69) is 11.4 Å². The topological polar surface area (TPSA) is 102 Å². The number of anilines is 1. The van der Waals surface area contributed by atoms with Crippen molar-refractivity contribution in [3.8, 4) is 12.1 Å². The van der Waals surface area contributed by atoms with Crippen molar-refractivity contribution in [2.24, 2.45) is 7.05 Å². The van der Waals surface area contributed by atoms with E-state index >= 15 is 0 Å². The molecule has 0 bridgehead atoms. The Labute approximate surface area is 157 Å². The summed E-state index contributed by atoms with van der Waals surface area (Å²) in [6.45, 7) is 1.81. The Morgan fingerprint density at radius 2 is 1.81 bits per heavy atom. The lowest BCUT2D eigenvalue weighted by atomic mass is 10.1. The lowest BCUT2D eigenvalue weighted by Crippen LogP contribution is -2.21. The van der Waals surface area contributed by atoms with Crippen LogP contribution in [-0.4, -0.2) is 35.4 Å². The Bertz CT molecular complexity index is 999. The second-order valence-electron chi connectivity index (χ2n) is 6.14. The van der Waals surface area contributed by atoms with Crippen LogP contribution in [0.2, 0.25) is 0 Å². The molecule has 136 valence electrons. The minimum Gasteiger partial charge on any atom is -0.345 e. The van der Waals surface area contributed by atoms with E-state index in [1.54, 1.807) is 63.0 Å². The summed E-state index contributed by atoms with van der Waals surface area (Å²) in [4.78, 5) is 25.7. The zero-order valence-electron chi connectivity index (χ0n) is 15.6. The van der Waals surface area contributed by atoms with Gasteiger partial charge in [-0.15, -0.1) is 0 Å². The molecule has 0 spiro atoms. The van der Waals surface area contributed by atoms with Crippen molar-refractivity contribution in [1.29, 1.82) is 10.5 Å². The van der Waals surface area contributed by atoms with E-state index in [0.29, 0.717) is 22.5 Å². The van der Waals surface area contributed by atoms with E-state index in [-0.39, 0.29) is 11.5 Å². The summed E-state index contributed by atoms with van der Waals surface area (Å²) in [6, 6.07) is 12.0. The van der Waals surface area contributed by atoms with Crippen LogP contribution in [0.5, 0.6) is 0 Å². The average Bonchev–Trinajstić information content (AvgIpc) is 2.93. The molecular formula is C20H19N5O2. The maximum atomic E-state index is 12.4. The number of hydrogen-bond acceptors (Lipinski definition) is 4. The molecule has 27 heavy (non-hydrogen) atoms. The highest BCUT2D eigenvalue weighted by molar-refractivity contribution is 6.10. The Balaban J connectivity index is 2.22. The summed E-state index contributed by atoms with van der Waals surface area (Å²) in [6.07, 6.45) is 1.45. The van der Waals surface area contributed by atoms with Crippen LogP contribution in [-0.2, 0) is 11.8 Å². The minimum absolute atomic E-state index is 0.0818. The molecule has 0 unspecified atom stereocenters. The molecule has 0 fully saturated rings. The van der Waals surface area contributed by atoms with Crippen LogP contribution in [0.15, 0.2) is 35.9 Å². The summed E-state index contributed by atoms with van der Waals surface area (Å²) in [5, 5.41) is 21.1. The first-order valence-electron chi connectivity index (χ1n) is 8.09. The molecule has 1 N–H and O–H groups in total. The van der Waals surface area contributed by atoms with Gasteiger partial charge in [0.05, 0.1) is 0 Å². The third kappa shape index (κ3) is 4.23. The summed E-state index contributed by atoms with van der Waals surface area (Å²) < 4.78 is 1.69. The van der Waals surface area contributed by atoms with Gasteiger partial charge >= 0.3 is 0 Å². The first-order chi connectivity index (χ1) is 12.8. The van der Waals surface area contributed by atoms with Gasteiger partial charge in [-0.1, -0.05) is 0 Å². The molecule has 1 aromatic heterocycles. The van der Waals surface area contributed by atoms with Crippen molar-refractivity contribution in [2.75, 3.05) is 19.4 Å². The van der Waals surface area contributed by atoms with Gasteiger partial charge in [-0.2, -0.15) is 10.5 Å². The molecule has 0 aliphatic carbocycles. The number of nitrogens with one attached hydrogen (secondary N) is 1. The van der Waals surface area contributed by atoms with Crippen molar-refractivity contribution in [2.45, 2.75) is 6.92 Å². The van der Waals surface area contributed by atoms with Gasteiger partial charge in [-0.3, -0.25) is 9.59 Å². The smallest absolute Gasteiger partial charge is 0.266 e. The van der Waals surface area contributed by atoms with Crippen LogP contribution in [0.25, 0.3) is 6.08 Å². The van der Waals surface area contributed by atoms with Gasteiger partial charge in [0, 0.05) is 38.1 Å². The van der Waals surface area contributed by atoms with Gasteiger partial charge in [0.25, 0.3) is 11.8 Å². The molecule has 1 heterocycles. The Morgan fingerprint density at radius 3 is 2.30 bits per heavy atom. The summed E-state index contributed by atoms with van der Waals surface area (Å²) in [5.74, 6) is -0.704. The SMILES string of the molecule is Cc1c(/C=C(\C#N)C(=O)Nc2ccc(C(=O)N(C)C)cc2)cc(C#N)n1C. The Hall–Kier alpha value is -3.84. The number of hydrogen-bond donors (Lipinski definition) is 1. The predicted molar refractivity (Wildman–Crippen MR) is 102 cm³/mol. The Kier molecular flexibility index (Phi) is 5.79. The normalized spacial score (nSPS) is 10.7. The van der Waals surface area contributed by atoms with Gasteiger partial charge in [-0.25, -0.2) is 0 Å². The van der Waals surface area contributed by atoms with Crippen LogP contribution >= 0.6 is 0 Å². The number of aromatic nitrogens is 1. The quantitative estimate of drug-likeness (QED) is 0.667. The molecule has 0 aliphatic rings. The fraction of sp³-hybridized carbons (Fsp3) is 0.200. The van der Waals surface area contributed by atoms with Gasteiger partial charge in [0.1, 0.15) is 23.4 Å². The number of nitriles is 2. The standard InChI is InChI=1S/C20H19N5O2/c1-13-15(10-18(12-22)25(13)4)9-16(11-21)19(26)23-17-7-5-14(6-8-17)20(27)24(2)3/h5-10H,1-4H3,(H,23,26)/b16-9+. The number of benzene rings is 1. The highest BCUT2D eigenvalue weighted by atomic mass is 16.2. The van der Waals surface area contributed by atoms with E-state index in [4.69, 9.17) is 5.26 Å². The average molecular weight is 361 g/mol. The third-order valence-electron chi connectivity index (χ3n) is 4.15. The van der Waals surface area contributed by atoms with Crippen molar-refractivity contribution >= 4 is 23.6 Å². The number of rotatable bonds is 4. The van der Waals surface area contributed by atoms with Crippen LogP contribution in [0.1, 0.15) is 27.3 Å². The summed E-state index contributed by atoms with van der Waals surface area (Å²) in [7, 11) is 5.06. The molecule has 0 atom stereocenters. The molecular weight excluding hydrogens is 342 g/mol. The fourth-order valence-electron chi connectivity index (χ4n) is 2.43. The second-order valence-corrected chi connectivity index (χ2v) is 6.14. The van der Waals surface area contributed by atoms with E-state index in [9.17, 15) is 14.9 Å².